The molecule has 6 heteroatoms. The summed E-state index contributed by atoms with van der Waals surface area (Å²) < 4.78 is 2.13. The highest BCUT2D eigenvalue weighted by Gasteiger charge is 2.13. The van der Waals surface area contributed by atoms with E-state index >= 15 is 0 Å². The fraction of sp³-hybridized carbons (Fsp3) is 0.267. The zero-order valence-corrected chi connectivity index (χ0v) is 12.4. The molecule has 3 aromatic rings. The Balaban J connectivity index is 2.01. The smallest absolute Gasteiger partial charge is 0.355 e. The number of rotatable bonds is 5. The number of benzene rings is 1. The van der Waals surface area contributed by atoms with Crippen molar-refractivity contribution in [1.82, 2.24) is 14.5 Å². The Bertz CT molecular complexity index is 791. The van der Waals surface area contributed by atoms with Crippen molar-refractivity contribution in [2.45, 2.75) is 26.3 Å². The van der Waals surface area contributed by atoms with Crippen LogP contribution in [0.5, 0.6) is 0 Å². The van der Waals surface area contributed by atoms with Gasteiger partial charge in [0.1, 0.15) is 10.8 Å². The molecule has 0 spiro atoms. The van der Waals surface area contributed by atoms with Gasteiger partial charge in [-0.15, -0.1) is 11.3 Å². The molecule has 0 aliphatic heterocycles. The molecule has 1 N–H and O–H groups in total. The third-order valence-corrected chi connectivity index (χ3v) is 4.11. The van der Waals surface area contributed by atoms with Crippen molar-refractivity contribution in [1.29, 1.82) is 0 Å². The summed E-state index contributed by atoms with van der Waals surface area (Å²) in [6, 6.07) is 7.99. The monoisotopic (exact) mass is 301 g/mol. The zero-order chi connectivity index (χ0) is 14.8. The molecule has 21 heavy (non-hydrogen) atoms. The number of carboxylic acid groups (broad SMARTS) is 1. The summed E-state index contributed by atoms with van der Waals surface area (Å²) in [5.74, 6) is 0.0348. The largest absolute Gasteiger partial charge is 0.476 e. The number of hydrogen-bond donors (Lipinski definition) is 1. The predicted molar refractivity (Wildman–Crippen MR) is 81.9 cm³/mol. The molecule has 3 rings (SSSR count). The normalized spacial score (nSPS) is 11.1. The van der Waals surface area contributed by atoms with E-state index in [0.29, 0.717) is 6.54 Å². The van der Waals surface area contributed by atoms with Crippen LogP contribution in [0, 0.1) is 0 Å². The van der Waals surface area contributed by atoms with Gasteiger partial charge in [0.25, 0.3) is 0 Å². The maximum absolute atomic E-state index is 10.9. The molecule has 2 heterocycles. The fourth-order valence-electron chi connectivity index (χ4n) is 2.33. The average Bonchev–Trinajstić information content (AvgIpc) is 3.06. The topological polar surface area (TPSA) is 68.0 Å². The van der Waals surface area contributed by atoms with E-state index in [2.05, 4.69) is 21.5 Å². The highest BCUT2D eigenvalue weighted by atomic mass is 32.1. The SMILES string of the molecule is CCCc1nc2ccccc2n1Cc1nc(C(=O)O)cs1. The molecule has 0 saturated carbocycles. The van der Waals surface area contributed by atoms with Crippen molar-refractivity contribution in [3.63, 3.8) is 0 Å². The summed E-state index contributed by atoms with van der Waals surface area (Å²) in [7, 11) is 0. The number of hydrogen-bond acceptors (Lipinski definition) is 4. The van der Waals surface area contributed by atoms with Gasteiger partial charge in [0, 0.05) is 11.8 Å². The number of aryl methyl sites for hydroxylation is 1. The predicted octanol–water partition coefficient (Wildman–Crippen LogP) is 3.19. The van der Waals surface area contributed by atoms with Crippen LogP contribution in [-0.4, -0.2) is 25.6 Å². The molecule has 0 amide bonds. The first kappa shape index (κ1) is 13.8. The molecule has 0 aliphatic carbocycles. The van der Waals surface area contributed by atoms with Crippen LogP contribution in [0.1, 0.15) is 34.7 Å². The quantitative estimate of drug-likeness (QED) is 0.786. The van der Waals surface area contributed by atoms with Gasteiger partial charge < -0.3 is 9.67 Å². The third kappa shape index (κ3) is 2.67. The zero-order valence-electron chi connectivity index (χ0n) is 11.6. The maximum atomic E-state index is 10.9. The summed E-state index contributed by atoms with van der Waals surface area (Å²) in [4.78, 5) is 19.8. The number of para-hydroxylation sites is 2. The van der Waals surface area contributed by atoms with Gasteiger partial charge in [0.2, 0.25) is 0 Å². The number of carboxylic acids is 1. The molecule has 1 aromatic carbocycles. The maximum Gasteiger partial charge on any atom is 0.355 e. The summed E-state index contributed by atoms with van der Waals surface area (Å²) in [6.07, 6.45) is 1.91. The lowest BCUT2D eigenvalue weighted by Gasteiger charge is -2.06. The second-order valence-electron chi connectivity index (χ2n) is 4.78. The summed E-state index contributed by atoms with van der Waals surface area (Å²) >= 11 is 1.37. The van der Waals surface area contributed by atoms with E-state index in [-0.39, 0.29) is 5.69 Å². The number of carbonyl (C=O) groups is 1. The molecule has 5 nitrogen and oxygen atoms in total. The van der Waals surface area contributed by atoms with Crippen molar-refractivity contribution in [3.8, 4) is 0 Å². The van der Waals surface area contributed by atoms with Crippen molar-refractivity contribution >= 4 is 28.3 Å². The summed E-state index contributed by atoms with van der Waals surface area (Å²) in [6.45, 7) is 2.68. The van der Waals surface area contributed by atoms with Crippen LogP contribution in [0.25, 0.3) is 11.0 Å². The molecule has 0 atom stereocenters. The van der Waals surface area contributed by atoms with Gasteiger partial charge in [-0.1, -0.05) is 19.1 Å². The highest BCUT2D eigenvalue weighted by molar-refractivity contribution is 7.09. The summed E-state index contributed by atoms with van der Waals surface area (Å²) in [5.41, 5.74) is 2.14. The molecule has 0 bridgehead atoms. The Morgan fingerprint density at radius 2 is 2.14 bits per heavy atom. The van der Waals surface area contributed by atoms with Gasteiger partial charge in [-0.05, 0) is 18.6 Å². The molecule has 2 aromatic heterocycles. The third-order valence-electron chi connectivity index (χ3n) is 3.27. The lowest BCUT2D eigenvalue weighted by atomic mass is 10.3. The van der Waals surface area contributed by atoms with Gasteiger partial charge in [-0.3, -0.25) is 0 Å². The number of thiazole rings is 1. The van der Waals surface area contributed by atoms with Gasteiger partial charge >= 0.3 is 5.97 Å². The second-order valence-corrected chi connectivity index (χ2v) is 5.73. The minimum Gasteiger partial charge on any atom is -0.476 e. The molecular weight excluding hydrogens is 286 g/mol. The van der Waals surface area contributed by atoms with Crippen LogP contribution in [-0.2, 0) is 13.0 Å². The lowest BCUT2D eigenvalue weighted by molar-refractivity contribution is 0.0691. The van der Waals surface area contributed by atoms with Crippen molar-refractivity contribution in [3.05, 3.63) is 46.2 Å². The van der Waals surface area contributed by atoms with E-state index in [4.69, 9.17) is 5.11 Å². The molecule has 108 valence electrons. The van der Waals surface area contributed by atoms with Crippen molar-refractivity contribution < 1.29 is 9.90 Å². The minimum atomic E-state index is -0.984. The van der Waals surface area contributed by atoms with Gasteiger partial charge in [0.05, 0.1) is 17.6 Å². The number of imidazole rings is 1. The van der Waals surface area contributed by atoms with E-state index < -0.39 is 5.97 Å². The number of nitrogens with zero attached hydrogens (tertiary/aromatic N) is 3. The van der Waals surface area contributed by atoms with Crippen LogP contribution in [0.2, 0.25) is 0 Å². The van der Waals surface area contributed by atoms with Crippen LogP contribution in [0.3, 0.4) is 0 Å². The molecular formula is C15H15N3O2S. The first-order valence-corrected chi connectivity index (χ1v) is 7.69. The van der Waals surface area contributed by atoms with Gasteiger partial charge in [-0.2, -0.15) is 0 Å². The van der Waals surface area contributed by atoms with Crippen LogP contribution in [0.4, 0.5) is 0 Å². The van der Waals surface area contributed by atoms with E-state index in [9.17, 15) is 4.79 Å². The van der Waals surface area contributed by atoms with Crippen LogP contribution < -0.4 is 0 Å². The Kier molecular flexibility index (Phi) is 3.70. The number of aromatic carboxylic acids is 1. The standard InChI is InChI=1S/C15H15N3O2S/c1-2-5-13-16-10-6-3-4-7-12(10)18(13)8-14-17-11(9-21-14)15(19)20/h3-4,6-7,9H,2,5,8H2,1H3,(H,19,20). The number of aromatic nitrogens is 3. The molecule has 0 fully saturated rings. The van der Waals surface area contributed by atoms with E-state index in [1.165, 1.54) is 11.3 Å². The Labute approximate surface area is 125 Å². The molecule has 0 saturated heterocycles. The summed E-state index contributed by atoms with van der Waals surface area (Å²) in [5, 5.41) is 11.3. The van der Waals surface area contributed by atoms with Gasteiger partial charge in [0.15, 0.2) is 5.69 Å². The van der Waals surface area contributed by atoms with Gasteiger partial charge in [-0.25, -0.2) is 14.8 Å². The molecule has 0 radical (unpaired) electrons. The first-order chi connectivity index (χ1) is 10.2. The Morgan fingerprint density at radius 3 is 2.86 bits per heavy atom. The Hall–Kier alpha value is -2.21. The van der Waals surface area contributed by atoms with Crippen molar-refractivity contribution in [2.75, 3.05) is 0 Å². The highest BCUT2D eigenvalue weighted by Crippen LogP contribution is 2.20. The average molecular weight is 301 g/mol. The van der Waals surface area contributed by atoms with Crippen LogP contribution >= 0.6 is 11.3 Å². The van der Waals surface area contributed by atoms with E-state index in [1.807, 2.05) is 24.3 Å². The minimum absolute atomic E-state index is 0.108. The van der Waals surface area contributed by atoms with E-state index in [0.717, 1.165) is 34.7 Å². The second kappa shape index (κ2) is 5.65. The fourth-order valence-corrected chi connectivity index (χ4v) is 3.09. The Morgan fingerprint density at radius 1 is 1.33 bits per heavy atom. The molecule has 0 unspecified atom stereocenters. The van der Waals surface area contributed by atoms with Crippen molar-refractivity contribution in [2.24, 2.45) is 0 Å². The molecule has 0 aliphatic rings. The van der Waals surface area contributed by atoms with Crippen LogP contribution in [0.15, 0.2) is 29.6 Å². The number of fused-ring (bicyclic) bond motifs is 1. The first-order valence-electron chi connectivity index (χ1n) is 6.81. The lowest BCUT2D eigenvalue weighted by Crippen LogP contribution is -2.05. The van der Waals surface area contributed by atoms with E-state index in [1.54, 1.807) is 5.38 Å².